The molecule has 0 unspecified atom stereocenters. The van der Waals surface area contributed by atoms with Crippen LogP contribution in [0.1, 0.15) is 36.4 Å². The number of rotatable bonds is 5. The molecule has 2 aromatic heterocycles. The van der Waals surface area contributed by atoms with Crippen LogP contribution in [-0.2, 0) is 13.1 Å². The van der Waals surface area contributed by atoms with E-state index < -0.39 is 0 Å². The lowest BCUT2D eigenvalue weighted by Crippen LogP contribution is -2.22. The van der Waals surface area contributed by atoms with E-state index in [1.165, 1.54) is 16.8 Å². The Labute approximate surface area is 114 Å². The van der Waals surface area contributed by atoms with Crippen LogP contribution >= 0.6 is 0 Å². The molecule has 0 aromatic carbocycles. The van der Waals surface area contributed by atoms with E-state index >= 15 is 0 Å². The van der Waals surface area contributed by atoms with Crippen LogP contribution in [0.5, 0.6) is 0 Å². The topological polar surface area (TPSA) is 42.7 Å². The summed E-state index contributed by atoms with van der Waals surface area (Å²) in [5.41, 5.74) is 4.88. The fraction of sp³-hybridized carbons (Fsp3) is 0.467. The fourth-order valence-electron chi connectivity index (χ4n) is 2.11. The van der Waals surface area contributed by atoms with Gasteiger partial charge in [-0.2, -0.15) is 5.10 Å². The zero-order chi connectivity index (χ0) is 13.8. The van der Waals surface area contributed by atoms with Gasteiger partial charge in [0.2, 0.25) is 0 Å². The summed E-state index contributed by atoms with van der Waals surface area (Å²) in [7, 11) is 0. The summed E-state index contributed by atoms with van der Waals surface area (Å²) < 4.78 is 2.07. The monoisotopic (exact) mass is 258 g/mol. The minimum absolute atomic E-state index is 0.488. The van der Waals surface area contributed by atoms with E-state index in [2.05, 4.69) is 47.8 Å². The van der Waals surface area contributed by atoms with Crippen LogP contribution in [0, 0.1) is 13.8 Å². The van der Waals surface area contributed by atoms with Crippen LogP contribution in [0.3, 0.4) is 0 Å². The average Bonchev–Trinajstić information content (AvgIpc) is 2.63. The second kappa shape index (κ2) is 5.97. The molecule has 0 saturated carbocycles. The second-order valence-electron chi connectivity index (χ2n) is 5.20. The van der Waals surface area contributed by atoms with Gasteiger partial charge in [-0.3, -0.25) is 9.67 Å². The molecule has 0 atom stereocenters. The molecule has 0 aliphatic carbocycles. The zero-order valence-electron chi connectivity index (χ0n) is 12.1. The largest absolute Gasteiger partial charge is 0.310 e. The minimum Gasteiger partial charge on any atom is -0.310 e. The molecule has 0 radical (unpaired) electrons. The summed E-state index contributed by atoms with van der Waals surface area (Å²) in [6, 6.07) is 4.55. The lowest BCUT2D eigenvalue weighted by molar-refractivity contribution is 0.584. The highest BCUT2D eigenvalue weighted by molar-refractivity contribution is 5.25. The van der Waals surface area contributed by atoms with Crippen LogP contribution in [0.25, 0.3) is 0 Å². The number of hydrogen-bond donors (Lipinski definition) is 1. The van der Waals surface area contributed by atoms with E-state index in [4.69, 9.17) is 0 Å². The molecule has 0 spiro atoms. The van der Waals surface area contributed by atoms with Gasteiger partial charge in [-0.15, -0.1) is 0 Å². The van der Waals surface area contributed by atoms with Crippen molar-refractivity contribution in [2.75, 3.05) is 0 Å². The van der Waals surface area contributed by atoms with E-state index in [9.17, 15) is 0 Å². The van der Waals surface area contributed by atoms with Crippen molar-refractivity contribution in [3.8, 4) is 0 Å². The van der Waals surface area contributed by atoms with Gasteiger partial charge < -0.3 is 5.32 Å². The van der Waals surface area contributed by atoms with E-state index in [-0.39, 0.29) is 0 Å². The number of nitrogens with zero attached hydrogens (tertiary/aromatic N) is 3. The molecule has 2 heterocycles. The molecule has 0 aliphatic rings. The van der Waals surface area contributed by atoms with E-state index in [1.807, 2.05) is 24.5 Å². The lowest BCUT2D eigenvalue weighted by Gasteiger charge is -2.09. The third-order valence-corrected chi connectivity index (χ3v) is 3.30. The van der Waals surface area contributed by atoms with Crippen molar-refractivity contribution in [3.63, 3.8) is 0 Å². The Kier molecular flexibility index (Phi) is 4.32. The highest BCUT2D eigenvalue weighted by atomic mass is 15.3. The quantitative estimate of drug-likeness (QED) is 0.895. The smallest absolute Gasteiger partial charge is 0.0663 e. The Balaban J connectivity index is 2.16. The summed E-state index contributed by atoms with van der Waals surface area (Å²) in [5.74, 6) is 0. The molecule has 2 rings (SSSR count). The molecule has 2 aromatic rings. The van der Waals surface area contributed by atoms with E-state index in [0.717, 1.165) is 18.8 Å². The molecule has 1 N–H and O–H groups in total. The number of hydrogen-bond acceptors (Lipinski definition) is 3. The Bertz CT molecular complexity index is 529. The Morgan fingerprint density at radius 2 is 1.89 bits per heavy atom. The third kappa shape index (κ3) is 3.41. The van der Waals surface area contributed by atoms with Crippen molar-refractivity contribution in [2.24, 2.45) is 0 Å². The standard InChI is InChI=1S/C15H22N4/c1-11(2)17-9-15-12(3)18-19(13(15)4)10-14-5-7-16-8-6-14/h5-8,11,17H,9-10H2,1-4H3. The van der Waals surface area contributed by atoms with Gasteiger partial charge in [-0.1, -0.05) is 13.8 Å². The van der Waals surface area contributed by atoms with Gasteiger partial charge in [0.1, 0.15) is 0 Å². The molecule has 0 bridgehead atoms. The van der Waals surface area contributed by atoms with Gasteiger partial charge in [-0.25, -0.2) is 0 Å². The number of pyridine rings is 1. The highest BCUT2D eigenvalue weighted by Gasteiger charge is 2.11. The van der Waals surface area contributed by atoms with Gasteiger partial charge in [0.05, 0.1) is 12.2 Å². The molecular weight excluding hydrogens is 236 g/mol. The maximum absolute atomic E-state index is 4.64. The first kappa shape index (κ1) is 13.7. The normalized spacial score (nSPS) is 11.2. The predicted molar refractivity (Wildman–Crippen MR) is 77.0 cm³/mol. The summed E-state index contributed by atoms with van der Waals surface area (Å²) in [6.45, 7) is 10.2. The highest BCUT2D eigenvalue weighted by Crippen LogP contribution is 2.14. The molecule has 19 heavy (non-hydrogen) atoms. The van der Waals surface area contributed by atoms with Crippen molar-refractivity contribution in [3.05, 3.63) is 47.0 Å². The maximum Gasteiger partial charge on any atom is 0.0663 e. The lowest BCUT2D eigenvalue weighted by atomic mass is 10.2. The van der Waals surface area contributed by atoms with Gasteiger partial charge >= 0.3 is 0 Å². The average molecular weight is 258 g/mol. The Morgan fingerprint density at radius 1 is 1.21 bits per heavy atom. The van der Waals surface area contributed by atoms with Crippen molar-refractivity contribution in [1.29, 1.82) is 0 Å². The van der Waals surface area contributed by atoms with Crippen LogP contribution in [-0.4, -0.2) is 20.8 Å². The Hall–Kier alpha value is -1.68. The number of aryl methyl sites for hydroxylation is 1. The molecule has 4 heteroatoms. The van der Waals surface area contributed by atoms with Gasteiger partial charge in [0.25, 0.3) is 0 Å². The molecule has 0 aliphatic heterocycles. The first-order chi connectivity index (χ1) is 9.08. The first-order valence-corrected chi connectivity index (χ1v) is 6.73. The van der Waals surface area contributed by atoms with Crippen LogP contribution < -0.4 is 5.32 Å². The summed E-state index contributed by atoms with van der Waals surface area (Å²) >= 11 is 0. The second-order valence-corrected chi connectivity index (χ2v) is 5.20. The third-order valence-electron chi connectivity index (χ3n) is 3.30. The summed E-state index contributed by atoms with van der Waals surface area (Å²) in [6.07, 6.45) is 3.64. The maximum atomic E-state index is 4.64. The van der Waals surface area contributed by atoms with Crippen molar-refractivity contribution in [2.45, 2.75) is 46.8 Å². The predicted octanol–water partition coefficient (Wildman–Crippen LogP) is 2.44. The summed E-state index contributed by atoms with van der Waals surface area (Å²) in [4.78, 5) is 4.04. The van der Waals surface area contributed by atoms with E-state index in [0.29, 0.717) is 6.04 Å². The van der Waals surface area contributed by atoms with Gasteiger partial charge in [-0.05, 0) is 31.5 Å². The molecule has 0 amide bonds. The van der Waals surface area contributed by atoms with Crippen LogP contribution in [0.2, 0.25) is 0 Å². The minimum atomic E-state index is 0.488. The SMILES string of the molecule is Cc1nn(Cc2ccncc2)c(C)c1CNC(C)C. The van der Waals surface area contributed by atoms with Crippen molar-refractivity contribution in [1.82, 2.24) is 20.1 Å². The molecule has 0 fully saturated rings. The summed E-state index contributed by atoms with van der Waals surface area (Å²) in [5, 5.41) is 8.10. The van der Waals surface area contributed by atoms with Crippen molar-refractivity contribution >= 4 is 0 Å². The van der Waals surface area contributed by atoms with Gasteiger partial charge in [0.15, 0.2) is 0 Å². The first-order valence-electron chi connectivity index (χ1n) is 6.73. The van der Waals surface area contributed by atoms with Crippen LogP contribution in [0.4, 0.5) is 0 Å². The number of nitrogens with one attached hydrogen (secondary N) is 1. The molecular formula is C15H22N4. The molecule has 4 nitrogen and oxygen atoms in total. The molecule has 102 valence electrons. The van der Waals surface area contributed by atoms with Crippen LogP contribution in [0.15, 0.2) is 24.5 Å². The van der Waals surface area contributed by atoms with Crippen molar-refractivity contribution < 1.29 is 0 Å². The Morgan fingerprint density at radius 3 is 2.53 bits per heavy atom. The zero-order valence-corrected chi connectivity index (χ0v) is 12.1. The molecule has 0 saturated heterocycles. The fourth-order valence-corrected chi connectivity index (χ4v) is 2.11. The van der Waals surface area contributed by atoms with E-state index in [1.54, 1.807) is 0 Å². The number of aromatic nitrogens is 3. The van der Waals surface area contributed by atoms with Gasteiger partial charge in [0, 0.05) is 36.2 Å².